The predicted octanol–water partition coefficient (Wildman–Crippen LogP) is 4.64. The summed E-state index contributed by atoms with van der Waals surface area (Å²) in [4.78, 5) is 0. The topological polar surface area (TPSA) is 26.0 Å². The van der Waals surface area contributed by atoms with Crippen molar-refractivity contribution < 1.29 is 13.2 Å². The van der Waals surface area contributed by atoms with Gasteiger partial charge in [-0.3, -0.25) is 0 Å². The molecule has 0 saturated heterocycles. The second-order valence-electron chi connectivity index (χ2n) is 4.69. The molecule has 1 nitrogen and oxygen atoms in total. The zero-order valence-corrected chi connectivity index (χ0v) is 12.1. The standard InChI is InChI=1S/C16H16F3NS/c17-16(18,19)14-9-5-4-8-13(14)15(20)11-21-10-12-6-2-1-3-7-12/h1-9,15H,10-11,20H2. The molecular weight excluding hydrogens is 295 g/mol. The molecule has 5 heteroatoms. The molecule has 0 saturated carbocycles. The summed E-state index contributed by atoms with van der Waals surface area (Å²) in [6.07, 6.45) is -4.36. The number of nitrogens with two attached hydrogens (primary N) is 1. The van der Waals surface area contributed by atoms with Crippen LogP contribution in [0.3, 0.4) is 0 Å². The van der Waals surface area contributed by atoms with Gasteiger partial charge in [0, 0.05) is 17.5 Å². The van der Waals surface area contributed by atoms with Crippen molar-refractivity contribution in [3.8, 4) is 0 Å². The van der Waals surface area contributed by atoms with Crippen molar-refractivity contribution in [2.24, 2.45) is 5.73 Å². The van der Waals surface area contributed by atoms with E-state index in [0.29, 0.717) is 5.75 Å². The Balaban J connectivity index is 1.99. The van der Waals surface area contributed by atoms with Gasteiger partial charge < -0.3 is 5.73 Å². The van der Waals surface area contributed by atoms with Crippen LogP contribution in [-0.2, 0) is 11.9 Å². The van der Waals surface area contributed by atoms with E-state index < -0.39 is 17.8 Å². The number of thioether (sulfide) groups is 1. The van der Waals surface area contributed by atoms with Crippen LogP contribution in [0.15, 0.2) is 54.6 Å². The van der Waals surface area contributed by atoms with E-state index in [0.717, 1.165) is 17.4 Å². The summed E-state index contributed by atoms with van der Waals surface area (Å²) >= 11 is 1.54. The fourth-order valence-electron chi connectivity index (χ4n) is 2.05. The number of alkyl halides is 3. The molecule has 1 unspecified atom stereocenters. The highest BCUT2D eigenvalue weighted by molar-refractivity contribution is 7.98. The van der Waals surface area contributed by atoms with Crippen LogP contribution in [0.5, 0.6) is 0 Å². The maximum absolute atomic E-state index is 12.9. The predicted molar refractivity (Wildman–Crippen MR) is 81.0 cm³/mol. The van der Waals surface area contributed by atoms with Crippen molar-refractivity contribution in [2.75, 3.05) is 5.75 Å². The zero-order chi connectivity index (χ0) is 15.3. The molecule has 0 heterocycles. The average molecular weight is 311 g/mol. The molecule has 112 valence electrons. The van der Waals surface area contributed by atoms with E-state index in [2.05, 4.69) is 0 Å². The van der Waals surface area contributed by atoms with Crippen LogP contribution in [0.25, 0.3) is 0 Å². The summed E-state index contributed by atoms with van der Waals surface area (Å²) in [5, 5.41) is 0. The maximum atomic E-state index is 12.9. The van der Waals surface area contributed by atoms with Crippen molar-refractivity contribution in [1.82, 2.24) is 0 Å². The van der Waals surface area contributed by atoms with Crippen LogP contribution < -0.4 is 5.73 Å². The van der Waals surface area contributed by atoms with Crippen molar-refractivity contribution in [3.05, 3.63) is 71.3 Å². The second kappa shape index (κ2) is 7.00. The minimum Gasteiger partial charge on any atom is -0.323 e. The third-order valence-electron chi connectivity index (χ3n) is 3.07. The molecule has 1 atom stereocenters. The molecule has 0 fully saturated rings. The van der Waals surface area contributed by atoms with Crippen molar-refractivity contribution >= 4 is 11.8 Å². The van der Waals surface area contributed by atoms with Gasteiger partial charge in [0.1, 0.15) is 0 Å². The molecule has 0 aliphatic carbocycles. The van der Waals surface area contributed by atoms with Gasteiger partial charge in [0.2, 0.25) is 0 Å². The van der Waals surface area contributed by atoms with Crippen LogP contribution in [0.2, 0.25) is 0 Å². The lowest BCUT2D eigenvalue weighted by atomic mass is 10.0. The number of benzene rings is 2. The number of hydrogen-bond donors (Lipinski definition) is 1. The summed E-state index contributed by atoms with van der Waals surface area (Å²) in [7, 11) is 0. The minimum absolute atomic E-state index is 0.158. The highest BCUT2D eigenvalue weighted by atomic mass is 32.2. The van der Waals surface area contributed by atoms with E-state index in [1.807, 2.05) is 30.3 Å². The first kappa shape index (κ1) is 15.9. The van der Waals surface area contributed by atoms with Gasteiger partial charge in [-0.2, -0.15) is 24.9 Å². The lowest BCUT2D eigenvalue weighted by Gasteiger charge is -2.18. The van der Waals surface area contributed by atoms with E-state index in [1.165, 1.54) is 23.9 Å². The van der Waals surface area contributed by atoms with E-state index in [4.69, 9.17) is 5.73 Å². The normalized spacial score (nSPS) is 13.1. The van der Waals surface area contributed by atoms with Gasteiger partial charge in [0.25, 0.3) is 0 Å². The molecule has 21 heavy (non-hydrogen) atoms. The SMILES string of the molecule is NC(CSCc1ccccc1)c1ccccc1C(F)(F)F. The fraction of sp³-hybridized carbons (Fsp3) is 0.250. The molecule has 2 N–H and O–H groups in total. The Labute approximate surface area is 126 Å². The van der Waals surface area contributed by atoms with Gasteiger partial charge in [-0.15, -0.1) is 0 Å². The monoisotopic (exact) mass is 311 g/mol. The largest absolute Gasteiger partial charge is 0.416 e. The van der Waals surface area contributed by atoms with Crippen LogP contribution in [0.1, 0.15) is 22.7 Å². The second-order valence-corrected chi connectivity index (χ2v) is 5.72. The van der Waals surface area contributed by atoms with Gasteiger partial charge in [0.15, 0.2) is 0 Å². The van der Waals surface area contributed by atoms with Gasteiger partial charge >= 0.3 is 6.18 Å². The van der Waals surface area contributed by atoms with Gasteiger partial charge in [-0.25, -0.2) is 0 Å². The van der Waals surface area contributed by atoms with Crippen molar-refractivity contribution in [1.29, 1.82) is 0 Å². The molecule has 0 bridgehead atoms. The average Bonchev–Trinajstić information content (AvgIpc) is 2.47. The molecule has 0 amide bonds. The van der Waals surface area contributed by atoms with Crippen LogP contribution in [0, 0.1) is 0 Å². The summed E-state index contributed by atoms with van der Waals surface area (Å²) in [5.41, 5.74) is 6.59. The van der Waals surface area contributed by atoms with E-state index in [9.17, 15) is 13.2 Å². The third kappa shape index (κ3) is 4.51. The van der Waals surface area contributed by atoms with Crippen molar-refractivity contribution in [3.63, 3.8) is 0 Å². The molecule has 0 spiro atoms. The molecule has 0 aliphatic heterocycles. The first-order valence-electron chi connectivity index (χ1n) is 6.52. The molecule has 2 rings (SSSR count). The summed E-state index contributed by atoms with van der Waals surface area (Å²) in [5.74, 6) is 1.19. The Kier molecular flexibility index (Phi) is 5.31. The smallest absolute Gasteiger partial charge is 0.323 e. The summed E-state index contributed by atoms with van der Waals surface area (Å²) in [6, 6.07) is 14.7. The fourth-order valence-corrected chi connectivity index (χ4v) is 3.03. The lowest BCUT2D eigenvalue weighted by Crippen LogP contribution is -2.19. The van der Waals surface area contributed by atoms with E-state index in [-0.39, 0.29) is 5.56 Å². The maximum Gasteiger partial charge on any atom is 0.416 e. The zero-order valence-electron chi connectivity index (χ0n) is 11.3. The minimum atomic E-state index is -4.36. The Morgan fingerprint density at radius 2 is 1.57 bits per heavy atom. The Morgan fingerprint density at radius 3 is 2.24 bits per heavy atom. The number of hydrogen-bond acceptors (Lipinski definition) is 2. The lowest BCUT2D eigenvalue weighted by molar-refractivity contribution is -0.138. The molecular formula is C16H16F3NS. The summed E-state index contributed by atoms with van der Waals surface area (Å²) < 4.78 is 38.8. The molecule has 0 aromatic heterocycles. The van der Waals surface area contributed by atoms with E-state index in [1.54, 1.807) is 6.07 Å². The van der Waals surface area contributed by atoms with Gasteiger partial charge in [0.05, 0.1) is 5.56 Å². The molecule has 0 aliphatic rings. The highest BCUT2D eigenvalue weighted by Crippen LogP contribution is 2.34. The molecule has 2 aromatic rings. The quantitative estimate of drug-likeness (QED) is 0.870. The first-order chi connectivity index (χ1) is 9.98. The van der Waals surface area contributed by atoms with Crippen LogP contribution >= 0.6 is 11.8 Å². The molecule has 2 aromatic carbocycles. The van der Waals surface area contributed by atoms with Gasteiger partial charge in [-0.05, 0) is 17.2 Å². The first-order valence-corrected chi connectivity index (χ1v) is 7.67. The van der Waals surface area contributed by atoms with Crippen molar-refractivity contribution in [2.45, 2.75) is 18.0 Å². The van der Waals surface area contributed by atoms with Gasteiger partial charge in [-0.1, -0.05) is 48.5 Å². The Bertz CT molecular complexity index is 569. The summed E-state index contributed by atoms with van der Waals surface area (Å²) in [6.45, 7) is 0. The third-order valence-corrected chi connectivity index (χ3v) is 4.21. The van der Waals surface area contributed by atoms with Crippen LogP contribution in [-0.4, -0.2) is 5.75 Å². The Hall–Kier alpha value is -1.46. The Morgan fingerprint density at radius 1 is 0.952 bits per heavy atom. The van der Waals surface area contributed by atoms with Crippen LogP contribution in [0.4, 0.5) is 13.2 Å². The molecule has 0 radical (unpaired) electrons. The highest BCUT2D eigenvalue weighted by Gasteiger charge is 2.34. The van der Waals surface area contributed by atoms with E-state index >= 15 is 0 Å². The number of rotatable bonds is 5. The number of halogens is 3.